The van der Waals surface area contributed by atoms with Gasteiger partial charge in [0.2, 0.25) is 0 Å². The molecule has 0 bridgehead atoms. The molecule has 2 aliphatic carbocycles. The van der Waals surface area contributed by atoms with Crippen molar-refractivity contribution in [1.82, 2.24) is 0 Å². The Morgan fingerprint density at radius 2 is 2.21 bits per heavy atom. The highest BCUT2D eigenvalue weighted by Gasteiger charge is 2.34. The van der Waals surface area contributed by atoms with E-state index in [2.05, 4.69) is 0 Å². The third kappa shape index (κ3) is 0.912. The van der Waals surface area contributed by atoms with E-state index in [1.165, 1.54) is 6.07 Å². The average Bonchev–Trinajstić information content (AvgIpc) is 2.50. The predicted molar refractivity (Wildman–Crippen MR) is 51.0 cm³/mol. The van der Waals surface area contributed by atoms with E-state index in [9.17, 15) is 9.18 Å². The highest BCUT2D eigenvalue weighted by molar-refractivity contribution is 6.01. The van der Waals surface area contributed by atoms with Crippen molar-refractivity contribution in [3.05, 3.63) is 34.6 Å². The van der Waals surface area contributed by atoms with E-state index in [0.717, 1.165) is 36.0 Å². The number of ketones is 1. The van der Waals surface area contributed by atoms with Crippen LogP contribution in [0, 0.1) is 5.82 Å². The van der Waals surface area contributed by atoms with Crippen LogP contribution in [0.3, 0.4) is 0 Å². The summed E-state index contributed by atoms with van der Waals surface area (Å²) in [5.41, 5.74) is 2.62. The maximum Gasteiger partial charge on any atom is 0.163 e. The minimum Gasteiger partial charge on any atom is -0.294 e. The van der Waals surface area contributed by atoms with Crippen LogP contribution in [0.2, 0.25) is 0 Å². The van der Waals surface area contributed by atoms with Crippen LogP contribution in [0.5, 0.6) is 0 Å². The van der Waals surface area contributed by atoms with Crippen LogP contribution in [-0.2, 0) is 6.42 Å². The Hall–Kier alpha value is -1.18. The zero-order valence-corrected chi connectivity index (χ0v) is 7.85. The van der Waals surface area contributed by atoms with Gasteiger partial charge < -0.3 is 0 Å². The van der Waals surface area contributed by atoms with Crippen molar-refractivity contribution in [3.8, 4) is 0 Å². The summed E-state index contributed by atoms with van der Waals surface area (Å²) in [5, 5.41) is 0. The largest absolute Gasteiger partial charge is 0.294 e. The molecule has 0 radical (unpaired) electrons. The van der Waals surface area contributed by atoms with E-state index in [0.29, 0.717) is 12.3 Å². The van der Waals surface area contributed by atoms with E-state index in [4.69, 9.17) is 0 Å². The molecule has 0 saturated heterocycles. The number of rotatable bonds is 0. The highest BCUT2D eigenvalue weighted by Crippen LogP contribution is 2.43. The summed E-state index contributed by atoms with van der Waals surface area (Å²) in [4.78, 5) is 11.6. The molecule has 0 N–H and O–H groups in total. The summed E-state index contributed by atoms with van der Waals surface area (Å²) in [6.45, 7) is 0. The average molecular weight is 190 g/mol. The van der Waals surface area contributed by atoms with Gasteiger partial charge in [0.1, 0.15) is 5.82 Å². The quantitative estimate of drug-likeness (QED) is 0.614. The summed E-state index contributed by atoms with van der Waals surface area (Å²) in [7, 11) is 0. The van der Waals surface area contributed by atoms with Crippen molar-refractivity contribution in [1.29, 1.82) is 0 Å². The summed E-state index contributed by atoms with van der Waals surface area (Å²) in [5.74, 6) is 0.397. The van der Waals surface area contributed by atoms with E-state index in [-0.39, 0.29) is 11.6 Å². The van der Waals surface area contributed by atoms with Crippen molar-refractivity contribution in [2.24, 2.45) is 0 Å². The lowest BCUT2D eigenvalue weighted by molar-refractivity contribution is 0.0988. The Morgan fingerprint density at radius 3 is 3.07 bits per heavy atom. The normalized spacial score (nSPS) is 23.8. The molecule has 1 nitrogen and oxygen atoms in total. The minimum atomic E-state index is -0.122. The molecule has 2 heteroatoms. The second-order valence-corrected chi connectivity index (χ2v) is 4.20. The fourth-order valence-corrected chi connectivity index (χ4v) is 2.81. The molecule has 0 amide bonds. The van der Waals surface area contributed by atoms with Crippen LogP contribution < -0.4 is 0 Å². The lowest BCUT2D eigenvalue weighted by atomic mass is 9.84. The molecular formula is C12H11FO. The third-order valence-corrected chi connectivity index (χ3v) is 3.42. The van der Waals surface area contributed by atoms with Gasteiger partial charge in [0.05, 0.1) is 0 Å². The van der Waals surface area contributed by atoms with Gasteiger partial charge in [-0.2, -0.15) is 0 Å². The fraction of sp³-hybridized carbons (Fsp3) is 0.417. The van der Waals surface area contributed by atoms with Crippen molar-refractivity contribution in [3.63, 3.8) is 0 Å². The summed E-state index contributed by atoms with van der Waals surface area (Å²) < 4.78 is 13.5. The molecule has 1 aromatic rings. The van der Waals surface area contributed by atoms with Gasteiger partial charge in [-0.25, -0.2) is 4.39 Å². The topological polar surface area (TPSA) is 17.1 Å². The number of carbonyl (C=O) groups excluding carboxylic acids is 1. The number of Topliss-reactive ketones (excluding diaryl/α,β-unsaturated/α-hetero) is 1. The Kier molecular flexibility index (Phi) is 1.55. The predicted octanol–water partition coefficient (Wildman–Crippen LogP) is 2.83. The zero-order chi connectivity index (χ0) is 9.71. The molecule has 0 aliphatic heterocycles. The van der Waals surface area contributed by atoms with Gasteiger partial charge >= 0.3 is 0 Å². The lowest BCUT2D eigenvalue weighted by Gasteiger charge is -2.21. The van der Waals surface area contributed by atoms with Gasteiger partial charge in [0.15, 0.2) is 5.78 Å². The van der Waals surface area contributed by atoms with Gasteiger partial charge in [0, 0.05) is 12.0 Å². The first-order chi connectivity index (χ1) is 6.77. The number of hydrogen-bond donors (Lipinski definition) is 0. The van der Waals surface area contributed by atoms with Gasteiger partial charge in [-0.15, -0.1) is 0 Å². The number of halogens is 1. The fourth-order valence-electron chi connectivity index (χ4n) is 2.81. The van der Waals surface area contributed by atoms with Gasteiger partial charge in [0.25, 0.3) is 0 Å². The first-order valence-electron chi connectivity index (χ1n) is 5.12. The van der Waals surface area contributed by atoms with Crippen LogP contribution in [0.25, 0.3) is 0 Å². The molecule has 1 atom stereocenters. The Labute approximate surface area is 81.9 Å². The van der Waals surface area contributed by atoms with Crippen LogP contribution in [-0.4, -0.2) is 5.78 Å². The van der Waals surface area contributed by atoms with Crippen molar-refractivity contribution in [2.75, 3.05) is 0 Å². The van der Waals surface area contributed by atoms with E-state index in [1.54, 1.807) is 6.07 Å². The molecule has 0 saturated carbocycles. The van der Waals surface area contributed by atoms with Crippen LogP contribution in [0.1, 0.15) is 46.7 Å². The number of benzene rings is 1. The highest BCUT2D eigenvalue weighted by atomic mass is 19.1. The third-order valence-electron chi connectivity index (χ3n) is 3.42. The standard InChI is InChI=1S/C12H11FO/c13-10-5-4-9-11(14)6-7-2-1-3-8(10)12(7)9/h4-5,7H,1-3,6H2. The molecule has 2 aliphatic rings. The SMILES string of the molecule is O=C1CC2CCCc3c(F)ccc1c32. The second kappa shape index (κ2) is 2.66. The number of hydrogen-bond acceptors (Lipinski definition) is 1. The first kappa shape index (κ1) is 8.16. The van der Waals surface area contributed by atoms with E-state index < -0.39 is 0 Å². The van der Waals surface area contributed by atoms with Crippen LogP contribution >= 0.6 is 0 Å². The van der Waals surface area contributed by atoms with E-state index in [1.807, 2.05) is 0 Å². The molecule has 0 fully saturated rings. The Balaban J connectivity index is 2.30. The van der Waals surface area contributed by atoms with Crippen molar-refractivity contribution in [2.45, 2.75) is 31.6 Å². The Bertz CT molecular complexity index is 423. The van der Waals surface area contributed by atoms with Crippen LogP contribution in [0.4, 0.5) is 4.39 Å². The monoisotopic (exact) mass is 190 g/mol. The molecule has 0 heterocycles. The van der Waals surface area contributed by atoms with E-state index >= 15 is 0 Å². The molecular weight excluding hydrogens is 179 g/mol. The molecule has 0 spiro atoms. The molecule has 3 rings (SSSR count). The Morgan fingerprint density at radius 1 is 1.36 bits per heavy atom. The zero-order valence-electron chi connectivity index (χ0n) is 7.85. The second-order valence-electron chi connectivity index (χ2n) is 4.20. The maximum atomic E-state index is 13.5. The van der Waals surface area contributed by atoms with Gasteiger partial charge in [-0.1, -0.05) is 0 Å². The molecule has 1 unspecified atom stereocenters. The minimum absolute atomic E-state index is 0.122. The molecule has 0 aromatic heterocycles. The summed E-state index contributed by atoms with van der Waals surface area (Å²) >= 11 is 0. The van der Waals surface area contributed by atoms with Crippen molar-refractivity contribution >= 4 is 5.78 Å². The first-order valence-corrected chi connectivity index (χ1v) is 5.12. The summed E-state index contributed by atoms with van der Waals surface area (Å²) in [6.07, 6.45) is 3.48. The van der Waals surface area contributed by atoms with Crippen LogP contribution in [0.15, 0.2) is 12.1 Å². The smallest absolute Gasteiger partial charge is 0.163 e. The molecule has 14 heavy (non-hydrogen) atoms. The maximum absolute atomic E-state index is 13.5. The lowest BCUT2D eigenvalue weighted by Crippen LogP contribution is -2.08. The van der Waals surface area contributed by atoms with Crippen molar-refractivity contribution < 1.29 is 9.18 Å². The molecule has 1 aromatic carbocycles. The van der Waals surface area contributed by atoms with Gasteiger partial charge in [-0.3, -0.25) is 4.79 Å². The summed E-state index contributed by atoms with van der Waals surface area (Å²) in [6, 6.07) is 3.10. The molecule has 72 valence electrons. The number of carbonyl (C=O) groups is 1. The van der Waals surface area contributed by atoms with Gasteiger partial charge in [-0.05, 0) is 48.4 Å².